The van der Waals surface area contributed by atoms with Gasteiger partial charge in [0.15, 0.2) is 0 Å². The molecule has 0 aliphatic carbocycles. The quantitative estimate of drug-likeness (QED) is 0.724. The van der Waals surface area contributed by atoms with Crippen molar-refractivity contribution in [3.05, 3.63) is 77.0 Å². The van der Waals surface area contributed by atoms with Crippen molar-refractivity contribution in [3.63, 3.8) is 0 Å². The Morgan fingerprint density at radius 2 is 1.71 bits per heavy atom. The smallest absolute Gasteiger partial charge is 0.203 e. The normalized spacial score (nSPS) is 10.7. The number of fused-ring (bicyclic) bond motifs is 1. The number of hydrogen-bond donors (Lipinski definition) is 0. The number of pyridine rings is 1. The van der Waals surface area contributed by atoms with Crippen LogP contribution in [0.3, 0.4) is 0 Å². The zero-order valence-corrected chi connectivity index (χ0v) is 12.0. The fraction of sp³-hybridized carbons (Fsp3) is 0.158. The molecule has 2 heteroatoms. The van der Waals surface area contributed by atoms with Crippen molar-refractivity contribution in [2.24, 2.45) is 0 Å². The Hall–Kier alpha value is -2.48. The molecule has 0 aliphatic heterocycles. The first-order chi connectivity index (χ1) is 10.3. The molecule has 2 aromatic carbocycles. The SMILES string of the molecule is Cc1cc(Cc2ccc(C[C]=O)cc2)c2ccccc2n1. The first-order valence-corrected chi connectivity index (χ1v) is 7.04. The van der Waals surface area contributed by atoms with Gasteiger partial charge in [0.05, 0.1) is 5.52 Å². The van der Waals surface area contributed by atoms with Gasteiger partial charge in [0.2, 0.25) is 6.29 Å². The van der Waals surface area contributed by atoms with Crippen LogP contribution in [0.5, 0.6) is 0 Å². The highest BCUT2D eigenvalue weighted by Crippen LogP contribution is 2.21. The first-order valence-electron chi connectivity index (χ1n) is 7.04. The van der Waals surface area contributed by atoms with Crippen LogP contribution < -0.4 is 0 Å². The molecule has 103 valence electrons. The van der Waals surface area contributed by atoms with Gasteiger partial charge in [-0.2, -0.15) is 0 Å². The van der Waals surface area contributed by atoms with Gasteiger partial charge in [-0.3, -0.25) is 9.78 Å². The minimum Gasteiger partial charge on any atom is -0.291 e. The number of hydrogen-bond acceptors (Lipinski definition) is 2. The maximum Gasteiger partial charge on any atom is 0.203 e. The predicted octanol–water partition coefficient (Wildman–Crippen LogP) is 3.79. The Morgan fingerprint density at radius 3 is 2.48 bits per heavy atom. The van der Waals surface area contributed by atoms with Gasteiger partial charge in [0, 0.05) is 17.5 Å². The van der Waals surface area contributed by atoms with E-state index in [4.69, 9.17) is 0 Å². The van der Waals surface area contributed by atoms with Crippen molar-refractivity contribution < 1.29 is 4.79 Å². The summed E-state index contributed by atoms with van der Waals surface area (Å²) in [4.78, 5) is 15.0. The van der Waals surface area contributed by atoms with Gasteiger partial charge in [-0.1, -0.05) is 42.5 Å². The number of nitrogens with zero attached hydrogens (tertiary/aromatic N) is 1. The number of aromatic nitrogens is 1. The lowest BCUT2D eigenvalue weighted by atomic mass is 9.99. The van der Waals surface area contributed by atoms with Crippen molar-refractivity contribution in [1.29, 1.82) is 0 Å². The number of rotatable bonds is 4. The fourth-order valence-electron chi connectivity index (χ4n) is 2.62. The van der Waals surface area contributed by atoms with E-state index < -0.39 is 0 Å². The summed E-state index contributed by atoms with van der Waals surface area (Å²) < 4.78 is 0. The van der Waals surface area contributed by atoms with E-state index in [0.29, 0.717) is 6.42 Å². The monoisotopic (exact) mass is 274 g/mol. The van der Waals surface area contributed by atoms with Crippen molar-refractivity contribution in [3.8, 4) is 0 Å². The molecule has 0 saturated heterocycles. The zero-order chi connectivity index (χ0) is 14.7. The molecule has 0 aliphatic rings. The molecule has 2 nitrogen and oxygen atoms in total. The number of para-hydroxylation sites is 1. The Balaban J connectivity index is 1.95. The van der Waals surface area contributed by atoms with E-state index in [2.05, 4.69) is 35.3 Å². The lowest BCUT2D eigenvalue weighted by Crippen LogP contribution is -1.94. The molecule has 0 amide bonds. The third kappa shape index (κ3) is 3.00. The van der Waals surface area contributed by atoms with Crippen LogP contribution >= 0.6 is 0 Å². The third-order valence-electron chi connectivity index (χ3n) is 3.62. The van der Waals surface area contributed by atoms with Gasteiger partial charge >= 0.3 is 0 Å². The second kappa shape index (κ2) is 5.88. The van der Waals surface area contributed by atoms with Crippen molar-refractivity contribution in [2.75, 3.05) is 0 Å². The average Bonchev–Trinajstić information content (AvgIpc) is 2.49. The van der Waals surface area contributed by atoms with Gasteiger partial charge < -0.3 is 0 Å². The number of aryl methyl sites for hydroxylation is 1. The van der Waals surface area contributed by atoms with Gasteiger partial charge in [0.1, 0.15) is 0 Å². The minimum absolute atomic E-state index is 0.359. The average molecular weight is 274 g/mol. The van der Waals surface area contributed by atoms with Crippen LogP contribution in [0, 0.1) is 6.92 Å². The van der Waals surface area contributed by atoms with Crippen LogP contribution in [0.4, 0.5) is 0 Å². The molecule has 0 unspecified atom stereocenters. The van der Waals surface area contributed by atoms with Crippen molar-refractivity contribution >= 4 is 17.2 Å². The fourth-order valence-corrected chi connectivity index (χ4v) is 2.62. The highest BCUT2D eigenvalue weighted by Gasteiger charge is 2.05. The van der Waals surface area contributed by atoms with E-state index in [1.54, 1.807) is 0 Å². The van der Waals surface area contributed by atoms with Crippen LogP contribution in [0.1, 0.15) is 22.4 Å². The predicted molar refractivity (Wildman–Crippen MR) is 85.1 cm³/mol. The molecule has 0 spiro atoms. The van der Waals surface area contributed by atoms with E-state index in [9.17, 15) is 4.79 Å². The van der Waals surface area contributed by atoms with Gasteiger partial charge in [-0.15, -0.1) is 0 Å². The summed E-state index contributed by atoms with van der Waals surface area (Å²) in [5.74, 6) is 0. The molecule has 0 fully saturated rings. The molecule has 21 heavy (non-hydrogen) atoms. The Kier molecular flexibility index (Phi) is 3.78. The molecule has 0 N–H and O–H groups in total. The molecule has 0 bridgehead atoms. The zero-order valence-electron chi connectivity index (χ0n) is 12.0. The van der Waals surface area contributed by atoms with E-state index >= 15 is 0 Å². The molecule has 0 saturated carbocycles. The molecule has 1 heterocycles. The maximum absolute atomic E-state index is 10.4. The van der Waals surface area contributed by atoms with E-state index in [-0.39, 0.29) is 0 Å². The highest BCUT2D eigenvalue weighted by molar-refractivity contribution is 5.82. The molecule has 0 atom stereocenters. The molecule has 3 aromatic rings. The number of benzene rings is 2. The second-order valence-corrected chi connectivity index (χ2v) is 5.25. The van der Waals surface area contributed by atoms with Gasteiger partial charge in [0.25, 0.3) is 0 Å². The van der Waals surface area contributed by atoms with Gasteiger partial charge in [-0.05, 0) is 42.2 Å². The molecular formula is C19H16NO. The topological polar surface area (TPSA) is 30.0 Å². The summed E-state index contributed by atoms with van der Waals surface area (Å²) >= 11 is 0. The maximum atomic E-state index is 10.4. The summed E-state index contributed by atoms with van der Waals surface area (Å²) in [6.07, 6.45) is 3.16. The lowest BCUT2D eigenvalue weighted by Gasteiger charge is -2.08. The highest BCUT2D eigenvalue weighted by atomic mass is 16.1. The Labute approximate surface area is 124 Å². The van der Waals surface area contributed by atoms with Crippen LogP contribution in [-0.2, 0) is 17.6 Å². The first kappa shape index (κ1) is 13.5. The summed E-state index contributed by atoms with van der Waals surface area (Å²) in [5, 5.41) is 1.20. The van der Waals surface area contributed by atoms with Gasteiger partial charge in [-0.25, -0.2) is 0 Å². The Bertz CT molecular complexity index is 775. The van der Waals surface area contributed by atoms with Crippen LogP contribution in [0.25, 0.3) is 10.9 Å². The van der Waals surface area contributed by atoms with E-state index in [1.165, 1.54) is 16.5 Å². The minimum atomic E-state index is 0.359. The van der Waals surface area contributed by atoms with Crippen molar-refractivity contribution in [2.45, 2.75) is 19.8 Å². The summed E-state index contributed by atoms with van der Waals surface area (Å²) in [6, 6.07) is 18.5. The molecular weight excluding hydrogens is 258 g/mol. The third-order valence-corrected chi connectivity index (χ3v) is 3.62. The van der Waals surface area contributed by atoms with Crippen molar-refractivity contribution in [1.82, 2.24) is 4.98 Å². The summed E-state index contributed by atoms with van der Waals surface area (Å²) in [7, 11) is 0. The van der Waals surface area contributed by atoms with E-state index in [1.807, 2.05) is 37.5 Å². The van der Waals surface area contributed by atoms with Crippen LogP contribution in [0.2, 0.25) is 0 Å². The molecule has 1 aromatic heterocycles. The standard InChI is InChI=1S/C19H16NO/c1-14-12-17(18-4-2-3-5-19(18)20-14)13-16-8-6-15(7-9-16)10-11-21/h2-9,12H,10,13H2,1H3. The summed E-state index contributed by atoms with van der Waals surface area (Å²) in [6.45, 7) is 2.03. The van der Waals surface area contributed by atoms with Crippen LogP contribution in [0.15, 0.2) is 54.6 Å². The molecule has 1 radical (unpaired) electrons. The van der Waals surface area contributed by atoms with E-state index in [0.717, 1.165) is 23.2 Å². The molecule has 3 rings (SSSR count). The summed E-state index contributed by atoms with van der Waals surface area (Å²) in [5.41, 5.74) is 5.60. The number of carbonyl (C=O) groups excluding carboxylic acids is 1. The largest absolute Gasteiger partial charge is 0.291 e. The Morgan fingerprint density at radius 1 is 1.00 bits per heavy atom. The van der Waals surface area contributed by atoms with Crippen LogP contribution in [-0.4, -0.2) is 11.3 Å². The second-order valence-electron chi connectivity index (χ2n) is 5.25. The lowest BCUT2D eigenvalue weighted by molar-refractivity contribution is 0.555.